The van der Waals surface area contributed by atoms with Crippen molar-refractivity contribution < 1.29 is 4.74 Å². The molecule has 112 valence electrons. The van der Waals surface area contributed by atoms with Crippen molar-refractivity contribution in [1.29, 1.82) is 0 Å². The number of nitrogens with one attached hydrogen (secondary N) is 1. The summed E-state index contributed by atoms with van der Waals surface area (Å²) in [6, 6.07) is 8.78. The number of piperidine rings is 1. The molecule has 0 aromatic heterocycles. The molecule has 1 unspecified atom stereocenters. The molecule has 1 aliphatic rings. The van der Waals surface area contributed by atoms with Crippen LogP contribution in [0.4, 0.5) is 0 Å². The highest BCUT2D eigenvalue weighted by Gasteiger charge is 2.13. The molecule has 1 saturated heterocycles. The summed E-state index contributed by atoms with van der Waals surface area (Å²) in [6.07, 6.45) is 5.14. The van der Waals surface area contributed by atoms with Crippen molar-refractivity contribution in [2.24, 2.45) is 0 Å². The number of para-hydroxylation sites is 1. The lowest BCUT2D eigenvalue weighted by atomic mass is 10.0. The van der Waals surface area contributed by atoms with Gasteiger partial charge in [0.1, 0.15) is 12.4 Å². The summed E-state index contributed by atoms with van der Waals surface area (Å²) in [5.74, 6) is 1.03. The Balaban J connectivity index is 1.88. The van der Waals surface area contributed by atoms with Crippen LogP contribution in [0.25, 0.3) is 0 Å². The van der Waals surface area contributed by atoms with Crippen molar-refractivity contribution in [2.75, 3.05) is 33.3 Å². The van der Waals surface area contributed by atoms with Gasteiger partial charge in [-0.25, -0.2) is 0 Å². The largest absolute Gasteiger partial charge is 0.492 e. The molecule has 1 fully saturated rings. The lowest BCUT2D eigenvalue weighted by molar-refractivity contribution is 0.182. The smallest absolute Gasteiger partial charge is 0.124 e. The van der Waals surface area contributed by atoms with Crippen molar-refractivity contribution in [2.45, 2.75) is 38.6 Å². The van der Waals surface area contributed by atoms with Crippen LogP contribution >= 0.6 is 0 Å². The van der Waals surface area contributed by atoms with Crippen molar-refractivity contribution in [3.63, 3.8) is 0 Å². The van der Waals surface area contributed by atoms with Crippen molar-refractivity contribution >= 4 is 0 Å². The van der Waals surface area contributed by atoms with E-state index in [2.05, 4.69) is 41.4 Å². The predicted octanol–water partition coefficient (Wildman–Crippen LogP) is 3.22. The standard InChI is InChI=1S/C17H28N2O/c1-3-16(18-2)15-9-5-6-10-17(15)20-14-13-19-11-7-4-8-12-19/h5-6,9-10,16,18H,3-4,7-8,11-14H2,1-2H3. The fourth-order valence-electron chi connectivity index (χ4n) is 2.95. The molecule has 3 heteroatoms. The van der Waals surface area contributed by atoms with Crippen molar-refractivity contribution in [3.8, 4) is 5.75 Å². The molecule has 1 aromatic rings. The minimum Gasteiger partial charge on any atom is -0.492 e. The van der Waals surface area contributed by atoms with Gasteiger partial charge in [0.05, 0.1) is 0 Å². The van der Waals surface area contributed by atoms with Gasteiger partial charge in [0.15, 0.2) is 0 Å². The average Bonchev–Trinajstić information content (AvgIpc) is 2.51. The van der Waals surface area contributed by atoms with Crippen LogP contribution in [-0.2, 0) is 0 Å². The van der Waals surface area contributed by atoms with Crippen LogP contribution < -0.4 is 10.1 Å². The average molecular weight is 276 g/mol. The van der Waals surface area contributed by atoms with Gasteiger partial charge in [0.25, 0.3) is 0 Å². The molecule has 3 nitrogen and oxygen atoms in total. The number of hydrogen-bond donors (Lipinski definition) is 1. The van der Waals surface area contributed by atoms with Gasteiger partial charge in [0, 0.05) is 18.2 Å². The lowest BCUT2D eigenvalue weighted by Crippen LogP contribution is -2.33. The number of nitrogens with zero attached hydrogens (tertiary/aromatic N) is 1. The first-order valence-electron chi connectivity index (χ1n) is 7.96. The summed E-state index contributed by atoms with van der Waals surface area (Å²) in [7, 11) is 2.01. The Morgan fingerprint density at radius 3 is 2.65 bits per heavy atom. The molecule has 1 atom stereocenters. The molecule has 2 rings (SSSR count). The van der Waals surface area contributed by atoms with E-state index in [-0.39, 0.29) is 0 Å². The van der Waals surface area contributed by atoms with E-state index < -0.39 is 0 Å². The second-order valence-corrected chi connectivity index (χ2v) is 5.54. The van der Waals surface area contributed by atoms with Crippen molar-refractivity contribution in [3.05, 3.63) is 29.8 Å². The molecule has 1 heterocycles. The zero-order valence-electron chi connectivity index (χ0n) is 12.9. The second kappa shape index (κ2) is 8.28. The van der Waals surface area contributed by atoms with Gasteiger partial charge in [-0.1, -0.05) is 31.5 Å². The zero-order valence-corrected chi connectivity index (χ0v) is 12.9. The molecular formula is C17H28N2O. The molecule has 1 N–H and O–H groups in total. The Kier molecular flexibility index (Phi) is 6.34. The van der Waals surface area contributed by atoms with E-state index in [0.717, 1.165) is 25.3 Å². The lowest BCUT2D eigenvalue weighted by Gasteiger charge is -2.26. The zero-order chi connectivity index (χ0) is 14.2. The maximum absolute atomic E-state index is 6.04. The van der Waals surface area contributed by atoms with E-state index in [1.807, 2.05) is 7.05 Å². The van der Waals surface area contributed by atoms with Gasteiger partial charge < -0.3 is 10.1 Å². The number of likely N-dealkylation sites (tertiary alicyclic amines) is 1. The molecule has 20 heavy (non-hydrogen) atoms. The Hall–Kier alpha value is -1.06. The number of hydrogen-bond acceptors (Lipinski definition) is 3. The number of ether oxygens (including phenoxy) is 1. The SMILES string of the molecule is CCC(NC)c1ccccc1OCCN1CCCCC1. The van der Waals surface area contributed by atoms with Gasteiger partial charge in [-0.05, 0) is 45.5 Å². The van der Waals surface area contributed by atoms with Crippen LogP contribution in [0.15, 0.2) is 24.3 Å². The highest BCUT2D eigenvalue weighted by Crippen LogP contribution is 2.26. The van der Waals surface area contributed by atoms with Crippen LogP contribution in [0.1, 0.15) is 44.2 Å². The Morgan fingerprint density at radius 2 is 1.95 bits per heavy atom. The van der Waals surface area contributed by atoms with E-state index in [1.165, 1.54) is 37.9 Å². The first-order valence-corrected chi connectivity index (χ1v) is 7.96. The summed E-state index contributed by atoms with van der Waals surface area (Å²) in [6.45, 7) is 6.51. The molecule has 0 saturated carbocycles. The van der Waals surface area contributed by atoms with Gasteiger partial charge in [-0.3, -0.25) is 4.90 Å². The molecule has 1 aliphatic heterocycles. The molecule has 0 spiro atoms. The summed E-state index contributed by atoms with van der Waals surface area (Å²) >= 11 is 0. The monoisotopic (exact) mass is 276 g/mol. The Morgan fingerprint density at radius 1 is 1.20 bits per heavy atom. The topological polar surface area (TPSA) is 24.5 Å². The third-order valence-electron chi connectivity index (χ3n) is 4.16. The summed E-state index contributed by atoms with van der Waals surface area (Å²) in [5, 5.41) is 3.36. The van der Waals surface area contributed by atoms with E-state index in [4.69, 9.17) is 4.74 Å². The molecule has 0 radical (unpaired) electrons. The van der Waals surface area contributed by atoms with Gasteiger partial charge in [-0.2, -0.15) is 0 Å². The fraction of sp³-hybridized carbons (Fsp3) is 0.647. The molecular weight excluding hydrogens is 248 g/mol. The van der Waals surface area contributed by atoms with Crippen LogP contribution in [0.5, 0.6) is 5.75 Å². The van der Waals surface area contributed by atoms with Crippen LogP contribution in [0.3, 0.4) is 0 Å². The van der Waals surface area contributed by atoms with E-state index in [0.29, 0.717) is 6.04 Å². The van der Waals surface area contributed by atoms with Gasteiger partial charge in [0.2, 0.25) is 0 Å². The molecule has 0 amide bonds. The minimum absolute atomic E-state index is 0.376. The first kappa shape index (κ1) is 15.3. The van der Waals surface area contributed by atoms with E-state index in [1.54, 1.807) is 0 Å². The second-order valence-electron chi connectivity index (χ2n) is 5.54. The molecule has 0 aliphatic carbocycles. The molecule has 1 aromatic carbocycles. The van der Waals surface area contributed by atoms with E-state index >= 15 is 0 Å². The third kappa shape index (κ3) is 4.22. The highest BCUT2D eigenvalue weighted by molar-refractivity contribution is 5.35. The quantitative estimate of drug-likeness (QED) is 0.827. The van der Waals surface area contributed by atoms with Gasteiger partial charge in [-0.15, -0.1) is 0 Å². The fourth-order valence-corrected chi connectivity index (χ4v) is 2.95. The maximum atomic E-state index is 6.04. The minimum atomic E-state index is 0.376. The summed E-state index contributed by atoms with van der Waals surface area (Å²) in [5.41, 5.74) is 1.27. The summed E-state index contributed by atoms with van der Waals surface area (Å²) < 4.78 is 6.04. The van der Waals surface area contributed by atoms with Crippen LogP contribution in [0.2, 0.25) is 0 Å². The number of rotatable bonds is 7. The predicted molar refractivity (Wildman–Crippen MR) is 84.3 cm³/mol. The maximum Gasteiger partial charge on any atom is 0.124 e. The Labute approximate surface area is 123 Å². The van der Waals surface area contributed by atoms with Crippen LogP contribution in [0, 0.1) is 0 Å². The number of benzene rings is 1. The summed E-state index contributed by atoms with van der Waals surface area (Å²) in [4.78, 5) is 2.52. The van der Waals surface area contributed by atoms with Crippen LogP contribution in [-0.4, -0.2) is 38.2 Å². The first-order chi connectivity index (χ1) is 9.85. The third-order valence-corrected chi connectivity index (χ3v) is 4.16. The Bertz CT molecular complexity index is 384. The van der Waals surface area contributed by atoms with Crippen molar-refractivity contribution in [1.82, 2.24) is 10.2 Å². The highest BCUT2D eigenvalue weighted by atomic mass is 16.5. The normalized spacial score (nSPS) is 17.9. The molecule has 0 bridgehead atoms. The van der Waals surface area contributed by atoms with Gasteiger partial charge >= 0.3 is 0 Å². The van der Waals surface area contributed by atoms with E-state index in [9.17, 15) is 0 Å².